The second-order valence-electron chi connectivity index (χ2n) is 7.85. The molecule has 1 saturated heterocycles. The first-order chi connectivity index (χ1) is 14.5. The van der Waals surface area contributed by atoms with Crippen LogP contribution in [0.2, 0.25) is 0 Å². The lowest BCUT2D eigenvalue weighted by Crippen LogP contribution is -2.52. The molecule has 0 bridgehead atoms. The molecule has 3 amide bonds. The highest BCUT2D eigenvalue weighted by molar-refractivity contribution is 6.39. The minimum Gasteiger partial charge on any atom is -0.386 e. The van der Waals surface area contributed by atoms with Crippen LogP contribution in [0.4, 0.5) is 10.5 Å². The van der Waals surface area contributed by atoms with Crippen molar-refractivity contribution in [2.24, 2.45) is 5.16 Å². The van der Waals surface area contributed by atoms with E-state index in [1.54, 1.807) is 17.3 Å². The largest absolute Gasteiger partial charge is 0.386 e. The second kappa shape index (κ2) is 8.52. The van der Waals surface area contributed by atoms with Crippen molar-refractivity contribution in [3.05, 3.63) is 59.9 Å². The lowest BCUT2D eigenvalue weighted by Gasteiger charge is -2.38. The Balaban J connectivity index is 1.32. The number of hydrogen-bond acceptors (Lipinski definition) is 5. The quantitative estimate of drug-likeness (QED) is 0.815. The van der Waals surface area contributed by atoms with Crippen LogP contribution in [0.5, 0.6) is 0 Å². The molecule has 156 valence electrons. The molecule has 0 saturated carbocycles. The van der Waals surface area contributed by atoms with Gasteiger partial charge < -0.3 is 20.4 Å². The number of urea groups is 1. The Morgan fingerprint density at radius 1 is 1.17 bits per heavy atom. The van der Waals surface area contributed by atoms with Gasteiger partial charge in [0.2, 0.25) is 0 Å². The predicted octanol–water partition coefficient (Wildman–Crippen LogP) is 2.85. The third-order valence-electron chi connectivity index (χ3n) is 5.43. The molecular formula is C22H25N5O3. The van der Waals surface area contributed by atoms with Crippen molar-refractivity contribution < 1.29 is 14.4 Å². The molecule has 0 aliphatic carbocycles. The van der Waals surface area contributed by atoms with E-state index in [9.17, 15) is 9.59 Å². The lowest BCUT2D eigenvalue weighted by atomic mass is 9.88. The summed E-state index contributed by atoms with van der Waals surface area (Å²) in [6, 6.07) is 11.2. The number of nitrogens with one attached hydrogen (secondary N) is 2. The van der Waals surface area contributed by atoms with E-state index in [1.807, 2.05) is 43.3 Å². The number of pyridine rings is 1. The molecule has 1 atom stereocenters. The molecule has 0 radical (unpaired) electrons. The van der Waals surface area contributed by atoms with Gasteiger partial charge >= 0.3 is 6.03 Å². The highest BCUT2D eigenvalue weighted by Crippen LogP contribution is 2.33. The average molecular weight is 407 g/mol. The van der Waals surface area contributed by atoms with Gasteiger partial charge in [-0.1, -0.05) is 22.9 Å². The number of hydrogen-bond donors (Lipinski definition) is 2. The topological polar surface area (TPSA) is 95.9 Å². The molecule has 2 aromatic rings. The molecule has 2 aliphatic heterocycles. The molecule has 1 unspecified atom stereocenters. The van der Waals surface area contributed by atoms with Crippen LogP contribution < -0.4 is 10.6 Å². The van der Waals surface area contributed by atoms with Crippen molar-refractivity contribution in [3.8, 4) is 0 Å². The second-order valence-corrected chi connectivity index (χ2v) is 7.85. The summed E-state index contributed by atoms with van der Waals surface area (Å²) in [7, 11) is 0. The zero-order valence-corrected chi connectivity index (χ0v) is 16.9. The summed E-state index contributed by atoms with van der Waals surface area (Å²) in [5.41, 5.74) is 2.59. The molecule has 4 rings (SSSR count). The van der Waals surface area contributed by atoms with Crippen LogP contribution in [-0.4, -0.2) is 46.2 Å². The maximum Gasteiger partial charge on any atom is 0.321 e. The predicted molar refractivity (Wildman–Crippen MR) is 113 cm³/mol. The van der Waals surface area contributed by atoms with E-state index in [0.29, 0.717) is 31.8 Å². The zero-order valence-electron chi connectivity index (χ0n) is 16.9. The monoisotopic (exact) mass is 407 g/mol. The number of oxime groups is 1. The van der Waals surface area contributed by atoms with Gasteiger partial charge in [0.1, 0.15) is 5.71 Å². The van der Waals surface area contributed by atoms with E-state index in [0.717, 1.165) is 29.7 Å². The molecular weight excluding hydrogens is 382 g/mol. The summed E-state index contributed by atoms with van der Waals surface area (Å²) < 4.78 is 0. The normalized spacial score (nSPS) is 20.4. The van der Waals surface area contributed by atoms with Gasteiger partial charge in [-0.3, -0.25) is 9.78 Å². The highest BCUT2D eigenvalue weighted by Gasteiger charge is 2.45. The van der Waals surface area contributed by atoms with E-state index < -0.39 is 5.60 Å². The molecule has 1 aromatic carbocycles. The number of nitrogens with zero attached hydrogens (tertiary/aromatic N) is 3. The maximum atomic E-state index is 12.7. The highest BCUT2D eigenvalue weighted by atomic mass is 16.7. The zero-order chi connectivity index (χ0) is 21.0. The Morgan fingerprint density at radius 2 is 1.93 bits per heavy atom. The van der Waals surface area contributed by atoms with Gasteiger partial charge in [-0.05, 0) is 49.6 Å². The fourth-order valence-corrected chi connectivity index (χ4v) is 3.76. The number of amides is 3. The Hall–Kier alpha value is -3.42. The third kappa shape index (κ3) is 4.59. The van der Waals surface area contributed by atoms with Gasteiger partial charge in [0.15, 0.2) is 5.60 Å². The standard InChI is InChI=1S/C22H25N5O3/c1-16-3-5-18(6-4-16)25-21(29)27-12-2-9-22(15-27)13-19(26-30-22)20(28)24-14-17-7-10-23-11-8-17/h3-8,10-11H,2,9,12-15H2,1H3,(H,24,28)(H,25,29). The third-order valence-corrected chi connectivity index (χ3v) is 5.43. The first-order valence-corrected chi connectivity index (χ1v) is 10.1. The molecule has 2 aliphatic rings. The van der Waals surface area contributed by atoms with Gasteiger partial charge in [-0.15, -0.1) is 0 Å². The van der Waals surface area contributed by atoms with Crippen LogP contribution in [0.25, 0.3) is 0 Å². The fourth-order valence-electron chi connectivity index (χ4n) is 3.76. The summed E-state index contributed by atoms with van der Waals surface area (Å²) in [4.78, 5) is 36.6. The first kappa shape index (κ1) is 19.9. The molecule has 3 heterocycles. The minimum absolute atomic E-state index is 0.169. The van der Waals surface area contributed by atoms with Crippen LogP contribution in [-0.2, 0) is 16.2 Å². The van der Waals surface area contributed by atoms with E-state index in [1.165, 1.54) is 0 Å². The van der Waals surface area contributed by atoms with E-state index in [2.05, 4.69) is 20.8 Å². The number of likely N-dealkylation sites (tertiary alicyclic amines) is 1. The number of rotatable bonds is 4. The van der Waals surface area contributed by atoms with Gasteiger partial charge in [-0.2, -0.15) is 0 Å². The van der Waals surface area contributed by atoms with Crippen molar-refractivity contribution in [2.45, 2.75) is 38.3 Å². The number of carbonyl (C=O) groups excluding carboxylic acids is 2. The molecule has 2 N–H and O–H groups in total. The van der Waals surface area contributed by atoms with Crippen LogP contribution in [0.3, 0.4) is 0 Å². The molecule has 8 nitrogen and oxygen atoms in total. The van der Waals surface area contributed by atoms with Gasteiger partial charge in [0.25, 0.3) is 5.91 Å². The maximum absolute atomic E-state index is 12.7. The molecule has 30 heavy (non-hydrogen) atoms. The summed E-state index contributed by atoms with van der Waals surface area (Å²) in [5, 5.41) is 9.84. The number of piperidine rings is 1. The van der Waals surface area contributed by atoms with Crippen molar-refractivity contribution in [1.82, 2.24) is 15.2 Å². The first-order valence-electron chi connectivity index (χ1n) is 10.1. The number of aryl methyl sites for hydroxylation is 1. The number of anilines is 1. The summed E-state index contributed by atoms with van der Waals surface area (Å²) in [6.45, 7) is 3.45. The van der Waals surface area contributed by atoms with Gasteiger partial charge in [0, 0.05) is 37.6 Å². The Kier molecular flexibility index (Phi) is 5.65. The van der Waals surface area contributed by atoms with Crippen molar-refractivity contribution >= 4 is 23.3 Å². The lowest BCUT2D eigenvalue weighted by molar-refractivity contribution is -0.115. The SMILES string of the molecule is Cc1ccc(NC(=O)N2CCCC3(CC(C(=O)NCc4ccncc4)=NO3)C2)cc1. The summed E-state index contributed by atoms with van der Waals surface area (Å²) in [6.07, 6.45) is 5.31. The van der Waals surface area contributed by atoms with Crippen LogP contribution in [0.15, 0.2) is 53.9 Å². The smallest absolute Gasteiger partial charge is 0.321 e. The minimum atomic E-state index is -0.633. The molecule has 1 spiro atoms. The number of carbonyl (C=O) groups is 2. The van der Waals surface area contributed by atoms with Gasteiger partial charge in [0.05, 0.1) is 6.54 Å². The Morgan fingerprint density at radius 3 is 2.70 bits per heavy atom. The van der Waals surface area contributed by atoms with E-state index >= 15 is 0 Å². The Labute approximate surface area is 175 Å². The fraction of sp³-hybridized carbons (Fsp3) is 0.364. The number of benzene rings is 1. The summed E-state index contributed by atoms with van der Waals surface area (Å²) in [5.74, 6) is -0.245. The molecule has 1 aromatic heterocycles. The van der Waals surface area contributed by atoms with E-state index in [4.69, 9.17) is 4.84 Å². The van der Waals surface area contributed by atoms with Crippen molar-refractivity contribution in [3.63, 3.8) is 0 Å². The van der Waals surface area contributed by atoms with Gasteiger partial charge in [-0.25, -0.2) is 4.79 Å². The molecule has 1 fully saturated rings. The van der Waals surface area contributed by atoms with Crippen LogP contribution in [0.1, 0.15) is 30.4 Å². The summed E-state index contributed by atoms with van der Waals surface area (Å²) >= 11 is 0. The molecule has 8 heteroatoms. The van der Waals surface area contributed by atoms with Crippen LogP contribution >= 0.6 is 0 Å². The van der Waals surface area contributed by atoms with Crippen LogP contribution in [0, 0.1) is 6.92 Å². The van der Waals surface area contributed by atoms with E-state index in [-0.39, 0.29) is 11.9 Å². The van der Waals surface area contributed by atoms with Crippen molar-refractivity contribution in [1.29, 1.82) is 0 Å². The Bertz CT molecular complexity index is 945. The average Bonchev–Trinajstić information content (AvgIpc) is 3.17. The number of aromatic nitrogens is 1. The van der Waals surface area contributed by atoms with Crippen molar-refractivity contribution in [2.75, 3.05) is 18.4 Å².